The summed E-state index contributed by atoms with van der Waals surface area (Å²) >= 11 is 0. The normalized spacial score (nSPS) is 11.2. The summed E-state index contributed by atoms with van der Waals surface area (Å²) in [6, 6.07) is 5.30. The maximum Gasteiger partial charge on any atom is 0.243 e. The van der Waals surface area contributed by atoms with Crippen molar-refractivity contribution in [1.29, 1.82) is 0 Å². The molecule has 0 aromatic carbocycles. The Labute approximate surface area is 111 Å². The third-order valence-electron chi connectivity index (χ3n) is 2.33. The van der Waals surface area contributed by atoms with E-state index in [2.05, 4.69) is 25.0 Å². The Morgan fingerprint density at radius 2 is 1.89 bits per heavy atom. The Balaban J connectivity index is 2.09. The van der Waals surface area contributed by atoms with Crippen LogP contribution in [0.1, 0.15) is 5.69 Å². The lowest BCUT2D eigenvalue weighted by atomic mass is 10.4. The van der Waals surface area contributed by atoms with Gasteiger partial charge in [-0.2, -0.15) is 0 Å². The van der Waals surface area contributed by atoms with Crippen molar-refractivity contribution in [2.24, 2.45) is 0 Å². The van der Waals surface area contributed by atoms with Crippen LogP contribution < -0.4 is 10.0 Å². The highest BCUT2D eigenvalue weighted by atomic mass is 32.2. The predicted octanol–water partition coefficient (Wildman–Crippen LogP) is 0.392. The quantitative estimate of drug-likeness (QED) is 0.822. The molecule has 0 atom stereocenters. The zero-order valence-electron chi connectivity index (χ0n) is 10.2. The van der Waals surface area contributed by atoms with E-state index < -0.39 is 10.0 Å². The number of sulfonamides is 1. The third kappa shape index (κ3) is 3.46. The lowest BCUT2D eigenvalue weighted by molar-refractivity contribution is 0.579. The molecule has 0 bridgehead atoms. The molecular formula is C11H13N5O2S. The fourth-order valence-corrected chi connectivity index (χ4v) is 2.23. The van der Waals surface area contributed by atoms with Gasteiger partial charge in [0.2, 0.25) is 16.0 Å². The average molecular weight is 279 g/mol. The van der Waals surface area contributed by atoms with Crippen molar-refractivity contribution >= 4 is 16.0 Å². The SMILES string of the molecule is CNc1ncc(S(=O)(=O)NCc2ccccn2)cn1. The van der Waals surface area contributed by atoms with Crippen LogP contribution in [0.5, 0.6) is 0 Å². The lowest BCUT2D eigenvalue weighted by Crippen LogP contribution is -2.24. The van der Waals surface area contributed by atoms with E-state index in [0.29, 0.717) is 11.6 Å². The third-order valence-corrected chi connectivity index (χ3v) is 3.69. The van der Waals surface area contributed by atoms with Crippen molar-refractivity contribution in [2.45, 2.75) is 11.4 Å². The Morgan fingerprint density at radius 1 is 1.16 bits per heavy atom. The number of pyridine rings is 1. The fourth-order valence-electron chi connectivity index (χ4n) is 1.34. The molecule has 0 saturated carbocycles. The summed E-state index contributed by atoms with van der Waals surface area (Å²) in [5, 5.41) is 2.72. The highest BCUT2D eigenvalue weighted by Gasteiger charge is 2.14. The van der Waals surface area contributed by atoms with Crippen LogP contribution in [0.2, 0.25) is 0 Å². The first-order chi connectivity index (χ1) is 9.12. The minimum atomic E-state index is -3.63. The fraction of sp³-hybridized carbons (Fsp3) is 0.182. The summed E-state index contributed by atoms with van der Waals surface area (Å²) < 4.78 is 26.4. The molecule has 0 unspecified atom stereocenters. The molecule has 8 heteroatoms. The molecular weight excluding hydrogens is 266 g/mol. The molecule has 0 saturated heterocycles. The van der Waals surface area contributed by atoms with Crippen LogP contribution in [0.15, 0.2) is 41.7 Å². The van der Waals surface area contributed by atoms with E-state index in [9.17, 15) is 8.42 Å². The van der Waals surface area contributed by atoms with Gasteiger partial charge in [0.25, 0.3) is 0 Å². The van der Waals surface area contributed by atoms with E-state index in [0.717, 1.165) is 0 Å². The number of rotatable bonds is 5. The predicted molar refractivity (Wildman–Crippen MR) is 69.8 cm³/mol. The summed E-state index contributed by atoms with van der Waals surface area (Å²) in [5.41, 5.74) is 0.638. The van der Waals surface area contributed by atoms with E-state index in [1.807, 2.05) is 0 Å². The van der Waals surface area contributed by atoms with Gasteiger partial charge >= 0.3 is 0 Å². The first kappa shape index (κ1) is 13.4. The minimum absolute atomic E-state index is 0.0161. The standard InChI is InChI=1S/C11H13N5O2S/c1-12-11-14-7-10(8-15-11)19(17,18)16-6-9-4-2-3-5-13-9/h2-5,7-8,16H,6H2,1H3,(H,12,14,15). The molecule has 2 aromatic heterocycles. The van der Waals surface area contributed by atoms with Crippen LogP contribution in [0.25, 0.3) is 0 Å². The summed E-state index contributed by atoms with van der Waals surface area (Å²) in [6.07, 6.45) is 4.10. The van der Waals surface area contributed by atoms with Crippen LogP contribution in [0, 0.1) is 0 Å². The first-order valence-corrected chi connectivity index (χ1v) is 6.99. The van der Waals surface area contributed by atoms with E-state index in [1.165, 1.54) is 12.4 Å². The number of hydrogen-bond acceptors (Lipinski definition) is 6. The molecule has 0 aliphatic carbocycles. The molecule has 2 heterocycles. The maximum absolute atomic E-state index is 12.0. The van der Waals surface area contributed by atoms with Crippen LogP contribution in [0.4, 0.5) is 5.95 Å². The van der Waals surface area contributed by atoms with E-state index in [4.69, 9.17) is 0 Å². The summed E-state index contributed by atoms with van der Waals surface area (Å²) in [7, 11) is -1.97. The molecule has 2 aromatic rings. The Hall–Kier alpha value is -2.06. The molecule has 0 fully saturated rings. The van der Waals surface area contributed by atoms with Gasteiger partial charge in [-0.05, 0) is 12.1 Å². The smallest absolute Gasteiger partial charge is 0.243 e. The zero-order valence-corrected chi connectivity index (χ0v) is 11.1. The number of hydrogen-bond donors (Lipinski definition) is 2. The topological polar surface area (TPSA) is 96.9 Å². The zero-order chi connectivity index (χ0) is 13.7. The van der Waals surface area contributed by atoms with Crippen LogP contribution in [-0.2, 0) is 16.6 Å². The van der Waals surface area contributed by atoms with Gasteiger partial charge < -0.3 is 5.32 Å². The van der Waals surface area contributed by atoms with Crippen molar-refractivity contribution in [3.63, 3.8) is 0 Å². The molecule has 0 radical (unpaired) electrons. The molecule has 19 heavy (non-hydrogen) atoms. The molecule has 100 valence electrons. The summed E-state index contributed by atoms with van der Waals surface area (Å²) in [6.45, 7) is 0.122. The largest absolute Gasteiger partial charge is 0.357 e. The molecule has 2 N–H and O–H groups in total. The van der Waals surface area contributed by atoms with Crippen molar-refractivity contribution in [2.75, 3.05) is 12.4 Å². The van der Waals surface area contributed by atoms with Gasteiger partial charge in [-0.1, -0.05) is 6.07 Å². The van der Waals surface area contributed by atoms with Gasteiger partial charge in [-0.25, -0.2) is 23.1 Å². The highest BCUT2D eigenvalue weighted by molar-refractivity contribution is 7.89. The number of anilines is 1. The van der Waals surface area contributed by atoms with Gasteiger partial charge in [-0.15, -0.1) is 0 Å². The Morgan fingerprint density at radius 3 is 2.47 bits per heavy atom. The maximum atomic E-state index is 12.0. The highest BCUT2D eigenvalue weighted by Crippen LogP contribution is 2.07. The minimum Gasteiger partial charge on any atom is -0.357 e. The van der Waals surface area contributed by atoms with Gasteiger partial charge in [0.05, 0.1) is 24.6 Å². The van der Waals surface area contributed by atoms with Crippen molar-refractivity contribution in [3.05, 3.63) is 42.5 Å². The second-order valence-corrected chi connectivity index (χ2v) is 5.40. The number of nitrogens with one attached hydrogen (secondary N) is 2. The van der Waals surface area contributed by atoms with E-state index >= 15 is 0 Å². The van der Waals surface area contributed by atoms with Gasteiger partial charge in [-0.3, -0.25) is 4.98 Å². The molecule has 7 nitrogen and oxygen atoms in total. The number of nitrogens with zero attached hydrogens (tertiary/aromatic N) is 3. The van der Waals surface area contributed by atoms with Gasteiger partial charge in [0.1, 0.15) is 4.90 Å². The monoisotopic (exact) mass is 279 g/mol. The van der Waals surface area contributed by atoms with Crippen LogP contribution in [-0.4, -0.2) is 30.4 Å². The van der Waals surface area contributed by atoms with Gasteiger partial charge in [0.15, 0.2) is 0 Å². The number of aromatic nitrogens is 3. The molecule has 0 spiro atoms. The molecule has 0 amide bonds. The lowest BCUT2D eigenvalue weighted by Gasteiger charge is -2.06. The Bertz CT molecular complexity index is 628. The second-order valence-electron chi connectivity index (χ2n) is 3.64. The average Bonchev–Trinajstić information content (AvgIpc) is 2.46. The van der Waals surface area contributed by atoms with Crippen molar-refractivity contribution in [3.8, 4) is 0 Å². The molecule has 0 aliphatic rings. The van der Waals surface area contributed by atoms with E-state index in [-0.39, 0.29) is 11.4 Å². The van der Waals surface area contributed by atoms with Crippen LogP contribution >= 0.6 is 0 Å². The summed E-state index contributed by atoms with van der Waals surface area (Å²) in [4.78, 5) is 11.8. The second kappa shape index (κ2) is 5.72. The molecule has 0 aliphatic heterocycles. The van der Waals surface area contributed by atoms with E-state index in [1.54, 1.807) is 31.4 Å². The first-order valence-electron chi connectivity index (χ1n) is 5.51. The summed E-state index contributed by atoms with van der Waals surface area (Å²) in [5.74, 6) is 0.365. The van der Waals surface area contributed by atoms with Crippen LogP contribution in [0.3, 0.4) is 0 Å². The van der Waals surface area contributed by atoms with Crippen molar-refractivity contribution < 1.29 is 8.42 Å². The molecule has 2 rings (SSSR count). The van der Waals surface area contributed by atoms with Crippen molar-refractivity contribution in [1.82, 2.24) is 19.7 Å². The Kier molecular flexibility index (Phi) is 4.03. The van der Waals surface area contributed by atoms with Gasteiger partial charge in [0, 0.05) is 13.2 Å².